The van der Waals surface area contributed by atoms with Gasteiger partial charge in [-0.05, 0) is 28.2 Å². The molecule has 3 atom stereocenters. The highest BCUT2D eigenvalue weighted by Gasteiger charge is 2.39. The second kappa shape index (κ2) is 9.85. The van der Waals surface area contributed by atoms with E-state index in [4.69, 9.17) is 4.74 Å². The zero-order chi connectivity index (χ0) is 24.4. The number of aliphatic hydroxyl groups excluding tert-OH is 1. The smallest absolute Gasteiger partial charge is 0.407 e. The summed E-state index contributed by atoms with van der Waals surface area (Å²) in [7, 11) is 0. The van der Waals surface area contributed by atoms with E-state index in [-0.39, 0.29) is 37.8 Å². The Morgan fingerprint density at radius 2 is 1.65 bits per heavy atom. The van der Waals surface area contributed by atoms with Gasteiger partial charge in [-0.2, -0.15) is 0 Å². The molecule has 34 heavy (non-hydrogen) atoms. The molecule has 1 saturated heterocycles. The SMILES string of the molecule is CC(C)[C@H](CC(=O)N1C[C@H](O)C[C@@H]1C(=O)O)NC(=O)OCC1c2ccccc2-c2ccccc21. The highest BCUT2D eigenvalue weighted by atomic mass is 16.5. The minimum Gasteiger partial charge on any atom is -0.480 e. The lowest BCUT2D eigenvalue weighted by atomic mass is 9.98. The number of benzene rings is 2. The van der Waals surface area contributed by atoms with Crippen LogP contribution >= 0.6 is 0 Å². The minimum absolute atomic E-state index is 0.00717. The summed E-state index contributed by atoms with van der Waals surface area (Å²) < 4.78 is 5.59. The number of amides is 2. The number of rotatable bonds is 7. The average molecular weight is 467 g/mol. The zero-order valence-corrected chi connectivity index (χ0v) is 19.3. The first-order chi connectivity index (χ1) is 16.3. The molecule has 8 nitrogen and oxygen atoms in total. The molecular formula is C26H30N2O6. The predicted octanol–water partition coefficient (Wildman–Crippen LogP) is 2.99. The summed E-state index contributed by atoms with van der Waals surface area (Å²) in [6, 6.07) is 14.5. The van der Waals surface area contributed by atoms with E-state index < -0.39 is 36.2 Å². The molecular weight excluding hydrogens is 436 g/mol. The van der Waals surface area contributed by atoms with Crippen molar-refractivity contribution < 1.29 is 29.3 Å². The second-order valence-corrected chi connectivity index (χ2v) is 9.31. The van der Waals surface area contributed by atoms with Crippen LogP contribution in [0.2, 0.25) is 0 Å². The summed E-state index contributed by atoms with van der Waals surface area (Å²) in [5, 5.41) is 22.0. The van der Waals surface area contributed by atoms with Crippen molar-refractivity contribution in [2.75, 3.05) is 13.2 Å². The lowest BCUT2D eigenvalue weighted by Crippen LogP contribution is -2.46. The summed E-state index contributed by atoms with van der Waals surface area (Å²) in [5.74, 6) is -1.71. The van der Waals surface area contributed by atoms with Gasteiger partial charge in [0.05, 0.1) is 6.10 Å². The van der Waals surface area contributed by atoms with Crippen LogP contribution in [0, 0.1) is 5.92 Å². The van der Waals surface area contributed by atoms with Crippen LogP contribution in [0.25, 0.3) is 11.1 Å². The number of ether oxygens (including phenoxy) is 1. The molecule has 0 aromatic heterocycles. The first kappa shape index (κ1) is 23.8. The van der Waals surface area contributed by atoms with Gasteiger partial charge < -0.3 is 25.2 Å². The fourth-order valence-corrected chi connectivity index (χ4v) is 4.87. The van der Waals surface area contributed by atoms with Crippen LogP contribution in [0.4, 0.5) is 4.79 Å². The number of nitrogens with zero attached hydrogens (tertiary/aromatic N) is 1. The van der Waals surface area contributed by atoms with Crippen LogP contribution in [-0.2, 0) is 14.3 Å². The molecule has 0 unspecified atom stereocenters. The Morgan fingerprint density at radius 3 is 2.21 bits per heavy atom. The number of carbonyl (C=O) groups is 3. The monoisotopic (exact) mass is 466 g/mol. The highest BCUT2D eigenvalue weighted by molar-refractivity contribution is 5.85. The van der Waals surface area contributed by atoms with E-state index in [0.29, 0.717) is 0 Å². The first-order valence-electron chi connectivity index (χ1n) is 11.6. The molecule has 3 N–H and O–H groups in total. The van der Waals surface area contributed by atoms with E-state index >= 15 is 0 Å². The Labute approximate surface area is 198 Å². The maximum atomic E-state index is 12.8. The fourth-order valence-electron chi connectivity index (χ4n) is 4.87. The fraction of sp³-hybridized carbons (Fsp3) is 0.423. The van der Waals surface area contributed by atoms with Gasteiger partial charge in [0, 0.05) is 31.3 Å². The Hall–Kier alpha value is -3.39. The molecule has 2 amide bonds. The van der Waals surface area contributed by atoms with Gasteiger partial charge in [0.2, 0.25) is 5.91 Å². The van der Waals surface area contributed by atoms with Gasteiger partial charge >= 0.3 is 12.1 Å². The minimum atomic E-state index is -1.14. The number of carboxylic acid groups (broad SMARTS) is 1. The van der Waals surface area contributed by atoms with Crippen LogP contribution in [0.5, 0.6) is 0 Å². The number of hydrogen-bond acceptors (Lipinski definition) is 5. The van der Waals surface area contributed by atoms with Crippen LogP contribution in [-0.4, -0.2) is 64.4 Å². The van der Waals surface area contributed by atoms with Crippen LogP contribution in [0.1, 0.15) is 43.7 Å². The molecule has 180 valence electrons. The largest absolute Gasteiger partial charge is 0.480 e. The number of likely N-dealkylation sites (tertiary alicyclic amines) is 1. The van der Waals surface area contributed by atoms with Crippen molar-refractivity contribution in [2.24, 2.45) is 5.92 Å². The molecule has 1 aliphatic carbocycles. The molecule has 4 rings (SSSR count). The van der Waals surface area contributed by atoms with Crippen molar-refractivity contribution in [2.45, 2.75) is 50.8 Å². The summed E-state index contributed by atoms with van der Waals surface area (Å²) in [5.41, 5.74) is 4.50. The standard InChI is InChI=1S/C26H30N2O6/c1-15(2)22(12-24(30)28-13-16(29)11-23(28)25(31)32)27-26(33)34-14-21-19-9-5-3-7-17(19)18-8-4-6-10-20(18)21/h3-10,15-16,21-23,29H,11-14H2,1-2H3,(H,27,33)(H,31,32)/t16-,22+,23-/m1/s1. The van der Waals surface area contributed by atoms with Gasteiger partial charge in [-0.15, -0.1) is 0 Å². The van der Waals surface area contributed by atoms with Gasteiger partial charge in [0.25, 0.3) is 0 Å². The van der Waals surface area contributed by atoms with Crippen molar-refractivity contribution in [3.05, 3.63) is 59.7 Å². The number of nitrogens with one attached hydrogen (secondary N) is 1. The van der Waals surface area contributed by atoms with Gasteiger partial charge in [0.1, 0.15) is 12.6 Å². The number of fused-ring (bicyclic) bond motifs is 3. The quantitative estimate of drug-likeness (QED) is 0.578. The van der Waals surface area contributed by atoms with E-state index in [2.05, 4.69) is 17.4 Å². The highest BCUT2D eigenvalue weighted by Crippen LogP contribution is 2.44. The molecule has 0 bridgehead atoms. The first-order valence-corrected chi connectivity index (χ1v) is 11.6. The van der Waals surface area contributed by atoms with E-state index in [1.54, 1.807) is 0 Å². The van der Waals surface area contributed by atoms with Gasteiger partial charge in [-0.25, -0.2) is 9.59 Å². The number of carboxylic acids is 1. The molecule has 1 fully saturated rings. The molecule has 2 aromatic carbocycles. The topological polar surface area (TPSA) is 116 Å². The van der Waals surface area contributed by atoms with E-state index in [1.165, 1.54) is 4.90 Å². The average Bonchev–Trinajstić information content (AvgIpc) is 3.35. The van der Waals surface area contributed by atoms with Crippen molar-refractivity contribution in [1.29, 1.82) is 0 Å². The Morgan fingerprint density at radius 1 is 1.06 bits per heavy atom. The van der Waals surface area contributed by atoms with Crippen molar-refractivity contribution in [3.8, 4) is 11.1 Å². The van der Waals surface area contributed by atoms with Crippen LogP contribution < -0.4 is 5.32 Å². The number of carbonyl (C=O) groups excluding carboxylic acids is 2. The Balaban J connectivity index is 1.39. The number of aliphatic carboxylic acids is 1. The molecule has 2 aliphatic rings. The summed E-state index contributed by atoms with van der Waals surface area (Å²) in [4.78, 5) is 38.1. The number of aliphatic hydroxyl groups is 1. The third kappa shape index (κ3) is 4.77. The van der Waals surface area contributed by atoms with Crippen molar-refractivity contribution in [1.82, 2.24) is 10.2 Å². The number of β-amino-alcohol motifs (C(OH)–C–C–N with tert-alkyl or cyclic N) is 1. The summed E-state index contributed by atoms with van der Waals surface area (Å²) in [6.45, 7) is 3.88. The lowest BCUT2D eigenvalue weighted by Gasteiger charge is -2.27. The molecule has 0 radical (unpaired) electrons. The molecule has 1 aliphatic heterocycles. The summed E-state index contributed by atoms with van der Waals surface area (Å²) >= 11 is 0. The van der Waals surface area contributed by atoms with Gasteiger partial charge in [-0.1, -0.05) is 62.4 Å². The molecule has 8 heteroatoms. The molecule has 2 aromatic rings. The molecule has 1 heterocycles. The van der Waals surface area contributed by atoms with E-state index in [9.17, 15) is 24.6 Å². The van der Waals surface area contributed by atoms with Crippen molar-refractivity contribution in [3.63, 3.8) is 0 Å². The molecule has 0 saturated carbocycles. The maximum Gasteiger partial charge on any atom is 0.407 e. The normalized spacial score (nSPS) is 20.1. The molecule has 0 spiro atoms. The van der Waals surface area contributed by atoms with Crippen LogP contribution in [0.3, 0.4) is 0 Å². The Kier molecular flexibility index (Phi) is 6.88. The number of hydrogen-bond donors (Lipinski definition) is 3. The lowest BCUT2D eigenvalue weighted by molar-refractivity contribution is -0.148. The second-order valence-electron chi connectivity index (χ2n) is 9.31. The van der Waals surface area contributed by atoms with E-state index in [0.717, 1.165) is 22.3 Å². The third-order valence-corrected chi connectivity index (χ3v) is 6.73. The van der Waals surface area contributed by atoms with E-state index in [1.807, 2.05) is 50.2 Å². The zero-order valence-electron chi connectivity index (χ0n) is 19.3. The van der Waals surface area contributed by atoms with Gasteiger partial charge in [-0.3, -0.25) is 4.79 Å². The number of alkyl carbamates (subject to hydrolysis) is 1. The van der Waals surface area contributed by atoms with Crippen molar-refractivity contribution >= 4 is 18.0 Å². The maximum absolute atomic E-state index is 12.8. The third-order valence-electron chi connectivity index (χ3n) is 6.73. The Bertz CT molecular complexity index is 1040. The van der Waals surface area contributed by atoms with Gasteiger partial charge in [0.15, 0.2) is 0 Å². The predicted molar refractivity (Wildman–Crippen MR) is 125 cm³/mol. The summed E-state index contributed by atoms with van der Waals surface area (Å²) in [6.07, 6.45) is -1.55. The van der Waals surface area contributed by atoms with Crippen LogP contribution in [0.15, 0.2) is 48.5 Å².